The van der Waals surface area contributed by atoms with E-state index in [1.54, 1.807) is 7.11 Å². The van der Waals surface area contributed by atoms with Crippen molar-refractivity contribution in [2.24, 2.45) is 0 Å². The summed E-state index contributed by atoms with van der Waals surface area (Å²) in [5.74, 6) is 0. The van der Waals surface area contributed by atoms with Crippen LogP contribution in [-0.2, 0) is 28.0 Å². The van der Waals surface area contributed by atoms with Gasteiger partial charge >= 0.3 is 0 Å². The van der Waals surface area contributed by atoms with Gasteiger partial charge in [0.05, 0.1) is 5.69 Å². The first-order valence-electron chi connectivity index (χ1n) is 7.58. The van der Waals surface area contributed by atoms with E-state index in [2.05, 4.69) is 19.2 Å². The normalized spacial score (nSPS) is 18.4. The van der Waals surface area contributed by atoms with Gasteiger partial charge in [-0.05, 0) is 13.0 Å². The molecule has 0 atom stereocenters. The summed E-state index contributed by atoms with van der Waals surface area (Å²) in [4.78, 5) is 6.28. The average molecular weight is 298 g/mol. The van der Waals surface area contributed by atoms with Gasteiger partial charge in [-0.3, -0.25) is 0 Å². The van der Waals surface area contributed by atoms with Crippen LogP contribution in [0.3, 0.4) is 0 Å². The molecule has 2 rings (SSSR count). The maximum Gasteiger partial charge on any atom is 0.125 e. The number of aryl methyl sites for hydroxylation is 1. The Morgan fingerprint density at radius 2 is 2.10 bits per heavy atom. The summed E-state index contributed by atoms with van der Waals surface area (Å²) >= 11 is 1.82. The summed E-state index contributed by atoms with van der Waals surface area (Å²) in [5, 5.41) is 4.55. The van der Waals surface area contributed by atoms with Gasteiger partial charge in [0, 0.05) is 44.6 Å². The summed E-state index contributed by atoms with van der Waals surface area (Å²) in [6.07, 6.45) is 3.99. The van der Waals surface area contributed by atoms with Crippen molar-refractivity contribution < 1.29 is 9.47 Å². The highest BCUT2D eigenvalue weighted by atomic mass is 32.1. The van der Waals surface area contributed by atoms with Crippen LogP contribution < -0.4 is 5.32 Å². The molecule has 0 aromatic carbocycles. The lowest BCUT2D eigenvalue weighted by Crippen LogP contribution is -2.35. The van der Waals surface area contributed by atoms with Crippen LogP contribution >= 0.6 is 11.3 Å². The molecular weight excluding hydrogens is 272 g/mol. The number of methoxy groups -OCH3 is 1. The van der Waals surface area contributed by atoms with Gasteiger partial charge in [0.15, 0.2) is 0 Å². The van der Waals surface area contributed by atoms with E-state index in [1.165, 1.54) is 10.6 Å². The lowest BCUT2D eigenvalue weighted by molar-refractivity contribution is -0.0948. The standard InChI is InChI=1S/C15H26N2O2S/c1-4-6-12-13(11-16-5-2)20-14(17-12)15(18-3)7-9-19-10-8-15/h16H,4-11H2,1-3H3. The minimum Gasteiger partial charge on any atom is -0.381 e. The van der Waals surface area contributed by atoms with E-state index in [0.717, 1.165) is 57.0 Å². The van der Waals surface area contributed by atoms with Crippen molar-refractivity contribution in [3.63, 3.8) is 0 Å². The van der Waals surface area contributed by atoms with Gasteiger partial charge in [-0.1, -0.05) is 20.3 Å². The van der Waals surface area contributed by atoms with Crippen LogP contribution in [-0.4, -0.2) is 31.9 Å². The molecule has 1 saturated heterocycles. The molecule has 0 saturated carbocycles. The molecule has 1 N–H and O–H groups in total. The highest BCUT2D eigenvalue weighted by Gasteiger charge is 2.38. The number of ether oxygens (including phenoxy) is 2. The van der Waals surface area contributed by atoms with Crippen molar-refractivity contribution >= 4 is 11.3 Å². The van der Waals surface area contributed by atoms with E-state index in [1.807, 2.05) is 11.3 Å². The number of hydrogen-bond donors (Lipinski definition) is 1. The molecule has 1 fully saturated rings. The third-order valence-electron chi connectivity index (χ3n) is 3.88. The SMILES string of the molecule is CCCc1nc(C2(OC)CCOCC2)sc1CNCC. The summed E-state index contributed by atoms with van der Waals surface area (Å²) in [6.45, 7) is 7.77. The Hall–Kier alpha value is -0.490. The van der Waals surface area contributed by atoms with Gasteiger partial charge in [-0.25, -0.2) is 4.98 Å². The molecule has 20 heavy (non-hydrogen) atoms. The van der Waals surface area contributed by atoms with Crippen LogP contribution in [0.5, 0.6) is 0 Å². The molecule has 0 unspecified atom stereocenters. The molecule has 0 bridgehead atoms. The van der Waals surface area contributed by atoms with Gasteiger partial charge in [0.2, 0.25) is 0 Å². The summed E-state index contributed by atoms with van der Waals surface area (Å²) < 4.78 is 11.3. The predicted octanol–water partition coefficient (Wildman–Crippen LogP) is 2.86. The zero-order valence-electron chi connectivity index (χ0n) is 12.8. The van der Waals surface area contributed by atoms with E-state index in [4.69, 9.17) is 14.5 Å². The van der Waals surface area contributed by atoms with E-state index in [0.29, 0.717) is 0 Å². The monoisotopic (exact) mass is 298 g/mol. The molecular formula is C15H26N2O2S. The maximum absolute atomic E-state index is 5.86. The number of rotatable bonds is 7. The zero-order valence-corrected chi connectivity index (χ0v) is 13.6. The first-order chi connectivity index (χ1) is 9.75. The molecule has 114 valence electrons. The Labute approximate surface area is 125 Å². The topological polar surface area (TPSA) is 43.4 Å². The molecule has 1 aromatic heterocycles. The van der Waals surface area contributed by atoms with Crippen molar-refractivity contribution in [2.45, 2.75) is 51.7 Å². The second-order valence-electron chi connectivity index (χ2n) is 5.23. The fraction of sp³-hybridized carbons (Fsp3) is 0.800. The Kier molecular flexibility index (Phi) is 5.96. The first kappa shape index (κ1) is 15.9. The highest BCUT2D eigenvalue weighted by Crippen LogP contribution is 2.39. The fourth-order valence-corrected chi connectivity index (χ4v) is 3.90. The highest BCUT2D eigenvalue weighted by molar-refractivity contribution is 7.11. The third kappa shape index (κ3) is 3.39. The minimum absolute atomic E-state index is 0.226. The number of hydrogen-bond acceptors (Lipinski definition) is 5. The van der Waals surface area contributed by atoms with E-state index in [9.17, 15) is 0 Å². The van der Waals surface area contributed by atoms with Gasteiger partial charge in [0.25, 0.3) is 0 Å². The lowest BCUT2D eigenvalue weighted by atomic mass is 9.95. The molecule has 0 radical (unpaired) electrons. The first-order valence-corrected chi connectivity index (χ1v) is 8.40. The van der Waals surface area contributed by atoms with E-state index >= 15 is 0 Å². The smallest absolute Gasteiger partial charge is 0.125 e. The van der Waals surface area contributed by atoms with Gasteiger partial charge in [0.1, 0.15) is 10.6 Å². The Morgan fingerprint density at radius 3 is 2.70 bits per heavy atom. The maximum atomic E-state index is 5.86. The fourth-order valence-electron chi connectivity index (χ4n) is 2.59. The largest absolute Gasteiger partial charge is 0.381 e. The van der Waals surface area contributed by atoms with Crippen molar-refractivity contribution in [2.75, 3.05) is 26.9 Å². The molecule has 1 aliphatic heterocycles. The number of nitrogens with zero attached hydrogens (tertiary/aromatic N) is 1. The Balaban J connectivity index is 2.25. The summed E-state index contributed by atoms with van der Waals surface area (Å²) in [5.41, 5.74) is 1.02. The second-order valence-corrected chi connectivity index (χ2v) is 6.31. The lowest BCUT2D eigenvalue weighted by Gasteiger charge is -2.33. The van der Waals surface area contributed by atoms with Crippen LogP contribution in [0.1, 0.15) is 48.7 Å². The molecule has 0 spiro atoms. The molecule has 0 aliphatic carbocycles. The van der Waals surface area contributed by atoms with Crippen molar-refractivity contribution in [1.82, 2.24) is 10.3 Å². The van der Waals surface area contributed by atoms with Crippen molar-refractivity contribution in [3.05, 3.63) is 15.6 Å². The predicted molar refractivity (Wildman–Crippen MR) is 82.2 cm³/mol. The molecule has 1 aliphatic rings. The van der Waals surface area contributed by atoms with Crippen LogP contribution in [0.2, 0.25) is 0 Å². The van der Waals surface area contributed by atoms with Crippen LogP contribution in [0.4, 0.5) is 0 Å². The Morgan fingerprint density at radius 1 is 1.35 bits per heavy atom. The van der Waals surface area contributed by atoms with Crippen LogP contribution in [0, 0.1) is 0 Å². The molecule has 0 amide bonds. The number of nitrogens with one attached hydrogen (secondary N) is 1. The minimum atomic E-state index is -0.226. The number of aromatic nitrogens is 1. The molecule has 1 aromatic rings. The average Bonchev–Trinajstić information content (AvgIpc) is 2.90. The van der Waals surface area contributed by atoms with Gasteiger partial charge in [-0.15, -0.1) is 11.3 Å². The third-order valence-corrected chi connectivity index (χ3v) is 5.16. The van der Waals surface area contributed by atoms with Crippen molar-refractivity contribution in [3.8, 4) is 0 Å². The molecule has 5 heteroatoms. The summed E-state index contributed by atoms with van der Waals surface area (Å²) in [7, 11) is 1.80. The quantitative estimate of drug-likeness (QED) is 0.840. The van der Waals surface area contributed by atoms with E-state index < -0.39 is 0 Å². The van der Waals surface area contributed by atoms with Crippen LogP contribution in [0.15, 0.2) is 0 Å². The number of thiazole rings is 1. The summed E-state index contributed by atoms with van der Waals surface area (Å²) in [6, 6.07) is 0. The zero-order chi connectivity index (χ0) is 14.4. The molecule has 4 nitrogen and oxygen atoms in total. The molecule has 2 heterocycles. The van der Waals surface area contributed by atoms with Crippen LogP contribution in [0.25, 0.3) is 0 Å². The van der Waals surface area contributed by atoms with Gasteiger partial charge < -0.3 is 14.8 Å². The van der Waals surface area contributed by atoms with Gasteiger partial charge in [-0.2, -0.15) is 0 Å². The van der Waals surface area contributed by atoms with E-state index in [-0.39, 0.29) is 5.60 Å². The Bertz CT molecular complexity index is 414. The van der Waals surface area contributed by atoms with Crippen molar-refractivity contribution in [1.29, 1.82) is 0 Å². The second kappa shape index (κ2) is 7.50.